The molecule has 0 radical (unpaired) electrons. The van der Waals surface area contributed by atoms with Crippen LogP contribution < -0.4 is 20.7 Å². The third-order valence-electron chi connectivity index (χ3n) is 6.24. The van der Waals surface area contributed by atoms with Crippen LogP contribution in [0.4, 0.5) is 24.7 Å². The van der Waals surface area contributed by atoms with Gasteiger partial charge in [-0.15, -0.1) is 0 Å². The van der Waals surface area contributed by atoms with Crippen LogP contribution >= 0.6 is 11.8 Å². The average molecular weight is 576 g/mol. The first kappa shape index (κ1) is 31.0. The summed E-state index contributed by atoms with van der Waals surface area (Å²) < 4.78 is 47.5. The van der Waals surface area contributed by atoms with Gasteiger partial charge in [-0.25, -0.2) is 4.52 Å². The number of pyridine rings is 1. The summed E-state index contributed by atoms with van der Waals surface area (Å²) in [5, 5.41) is 13.6. The molecule has 0 spiro atoms. The zero-order chi connectivity index (χ0) is 29.1. The molecule has 1 amide bonds. The van der Waals surface area contributed by atoms with E-state index in [1.54, 1.807) is 30.3 Å². The molecule has 2 heterocycles. The molecule has 0 saturated heterocycles. The van der Waals surface area contributed by atoms with Crippen molar-refractivity contribution in [1.29, 1.82) is 0 Å². The maximum atomic E-state index is 13.5. The Labute approximate surface area is 237 Å². The van der Waals surface area contributed by atoms with Crippen LogP contribution in [0.3, 0.4) is 0 Å². The monoisotopic (exact) mass is 575 g/mol. The number of amides is 1. The highest BCUT2D eigenvalue weighted by molar-refractivity contribution is 8.00. The first-order valence-electron chi connectivity index (χ1n) is 13.4. The van der Waals surface area contributed by atoms with Crippen LogP contribution in [0.1, 0.15) is 68.4 Å². The topological polar surface area (TPSA) is 79.7 Å². The number of nitrogens with zero attached hydrogens (tertiary/aromatic N) is 2. The maximum absolute atomic E-state index is 13.5. The lowest BCUT2D eigenvalue weighted by atomic mass is 10.0. The molecule has 11 heteroatoms. The Morgan fingerprint density at radius 2 is 1.95 bits per heavy atom. The molecular weight excluding hydrogens is 539 g/mol. The molecule has 0 aliphatic heterocycles. The van der Waals surface area contributed by atoms with Crippen molar-refractivity contribution >= 4 is 34.7 Å². The molecule has 1 aromatic carbocycles. The van der Waals surface area contributed by atoms with Gasteiger partial charge >= 0.3 is 5.51 Å². The van der Waals surface area contributed by atoms with Gasteiger partial charge in [0.25, 0.3) is 5.91 Å². The van der Waals surface area contributed by atoms with Crippen LogP contribution in [0, 0.1) is 11.8 Å². The second-order valence-corrected chi connectivity index (χ2v) is 10.3. The predicted molar refractivity (Wildman–Crippen MR) is 155 cm³/mol. The van der Waals surface area contributed by atoms with Crippen molar-refractivity contribution in [2.45, 2.75) is 68.8 Å². The van der Waals surface area contributed by atoms with Gasteiger partial charge in [-0.05, 0) is 60.9 Å². The second kappa shape index (κ2) is 14.7. The van der Waals surface area contributed by atoms with E-state index in [-0.39, 0.29) is 40.8 Å². The summed E-state index contributed by atoms with van der Waals surface area (Å²) in [5.74, 6) is 6.54. The number of carbonyl (C=O) groups excluding carboxylic acids is 1. The quantitative estimate of drug-likeness (QED) is 0.116. The number of unbranched alkanes of at least 4 members (excludes halogenated alkanes) is 2. The number of hydrogen-bond acceptors (Lipinski definition) is 6. The molecule has 0 bridgehead atoms. The lowest BCUT2D eigenvalue weighted by Crippen LogP contribution is -2.21. The summed E-state index contributed by atoms with van der Waals surface area (Å²) in [6, 6.07) is 10.3. The predicted octanol–water partition coefficient (Wildman–Crippen LogP) is 6.94. The number of carbonyl (C=O) groups is 1. The van der Waals surface area contributed by atoms with E-state index in [2.05, 4.69) is 46.7 Å². The van der Waals surface area contributed by atoms with Gasteiger partial charge < -0.3 is 20.7 Å². The van der Waals surface area contributed by atoms with Crippen molar-refractivity contribution in [3.63, 3.8) is 0 Å². The molecule has 3 rings (SSSR count). The number of methoxy groups -OCH3 is 1. The summed E-state index contributed by atoms with van der Waals surface area (Å²) in [4.78, 5) is 11.9. The normalized spacial score (nSPS) is 12.0. The van der Waals surface area contributed by atoms with Gasteiger partial charge in [-0.3, -0.25) is 4.79 Å². The van der Waals surface area contributed by atoms with Crippen LogP contribution in [0.15, 0.2) is 41.3 Å². The highest BCUT2D eigenvalue weighted by atomic mass is 32.2. The van der Waals surface area contributed by atoms with Crippen LogP contribution in [-0.2, 0) is 0 Å². The second-order valence-electron chi connectivity index (χ2n) is 9.21. The third kappa shape index (κ3) is 8.49. The lowest BCUT2D eigenvalue weighted by molar-refractivity contribution is -0.0327. The Hall–Kier alpha value is -3.52. The van der Waals surface area contributed by atoms with Gasteiger partial charge in [-0.1, -0.05) is 51.5 Å². The maximum Gasteiger partial charge on any atom is 0.446 e. The van der Waals surface area contributed by atoms with Crippen molar-refractivity contribution in [2.24, 2.45) is 0 Å². The van der Waals surface area contributed by atoms with E-state index in [9.17, 15) is 18.0 Å². The molecule has 0 fully saturated rings. The summed E-state index contributed by atoms with van der Waals surface area (Å²) >= 11 is -0.207. The Morgan fingerprint density at radius 1 is 1.15 bits per heavy atom. The number of thioether (sulfide) groups is 1. The zero-order valence-corrected chi connectivity index (χ0v) is 24.1. The number of anilines is 2. The van der Waals surface area contributed by atoms with E-state index in [0.717, 1.165) is 38.5 Å². The van der Waals surface area contributed by atoms with E-state index in [4.69, 9.17) is 4.74 Å². The fourth-order valence-corrected chi connectivity index (χ4v) is 5.01. The minimum absolute atomic E-state index is 0.0332. The standard InChI is InChI=1S/C29H36F3N5O2S/c1-5-7-8-12-21(11-6-2)35-26-15-9-14-24-27(40-29(30,31)32)23(36-37(24)26)13-10-18-34-22-17-16-20(28(38)33-3)19-25(22)39-4/h9,14-17,19,21,34-35H,5-8,11-12,18H2,1-4H3,(H,33,38). The zero-order valence-electron chi connectivity index (χ0n) is 23.2. The van der Waals surface area contributed by atoms with Crippen molar-refractivity contribution in [2.75, 3.05) is 31.3 Å². The smallest absolute Gasteiger partial charge is 0.446 e. The Kier molecular flexibility index (Phi) is 11.4. The molecule has 0 aliphatic carbocycles. The Bertz CT molecular complexity index is 1350. The molecule has 3 aromatic rings. The number of alkyl halides is 3. The van der Waals surface area contributed by atoms with Gasteiger partial charge in [0.15, 0.2) is 0 Å². The van der Waals surface area contributed by atoms with Gasteiger partial charge in [0.1, 0.15) is 17.3 Å². The van der Waals surface area contributed by atoms with Crippen LogP contribution in [0.2, 0.25) is 0 Å². The molecule has 0 saturated carbocycles. The lowest BCUT2D eigenvalue weighted by Gasteiger charge is -2.20. The number of fused-ring (bicyclic) bond motifs is 1. The minimum Gasteiger partial charge on any atom is -0.495 e. The molecule has 40 heavy (non-hydrogen) atoms. The highest BCUT2D eigenvalue weighted by Crippen LogP contribution is 2.41. The van der Waals surface area contributed by atoms with Gasteiger partial charge in [0.05, 0.1) is 29.8 Å². The molecule has 2 aromatic heterocycles. The Morgan fingerprint density at radius 3 is 2.62 bits per heavy atom. The van der Waals surface area contributed by atoms with E-state index in [0.29, 0.717) is 28.3 Å². The summed E-state index contributed by atoms with van der Waals surface area (Å²) in [6.45, 7) is 4.40. The highest BCUT2D eigenvalue weighted by Gasteiger charge is 2.33. The molecule has 3 N–H and O–H groups in total. The first-order chi connectivity index (χ1) is 19.2. The molecule has 1 atom stereocenters. The number of aromatic nitrogens is 2. The molecule has 1 unspecified atom stereocenters. The molecule has 0 aliphatic rings. The van der Waals surface area contributed by atoms with Crippen LogP contribution in [-0.4, -0.2) is 47.8 Å². The van der Waals surface area contributed by atoms with Crippen LogP contribution in [0.5, 0.6) is 5.75 Å². The summed E-state index contributed by atoms with van der Waals surface area (Å²) in [7, 11) is 3.02. The van der Waals surface area contributed by atoms with E-state index in [1.807, 2.05) is 6.07 Å². The summed E-state index contributed by atoms with van der Waals surface area (Å²) in [6.07, 6.45) is 6.28. The largest absolute Gasteiger partial charge is 0.495 e. The number of ether oxygens (including phenoxy) is 1. The van der Waals surface area contributed by atoms with E-state index < -0.39 is 5.51 Å². The Balaban J connectivity index is 1.88. The fraction of sp³-hybridized carbons (Fsp3) is 0.448. The SMILES string of the molecule is CCCCCC(CCC)Nc1cccc2c(SC(F)(F)F)c(C#CCNc3ccc(C(=O)NC)cc3OC)nn12. The van der Waals surface area contributed by atoms with Crippen molar-refractivity contribution in [3.8, 4) is 17.6 Å². The molecule has 7 nitrogen and oxygen atoms in total. The molecular formula is C29H36F3N5O2S. The van der Waals surface area contributed by atoms with Crippen molar-refractivity contribution in [3.05, 3.63) is 47.7 Å². The van der Waals surface area contributed by atoms with Crippen molar-refractivity contribution < 1.29 is 22.7 Å². The fourth-order valence-electron chi connectivity index (χ4n) is 4.33. The van der Waals surface area contributed by atoms with Gasteiger partial charge in [0, 0.05) is 18.7 Å². The van der Waals surface area contributed by atoms with Gasteiger partial charge in [-0.2, -0.15) is 18.3 Å². The van der Waals surface area contributed by atoms with Crippen molar-refractivity contribution in [1.82, 2.24) is 14.9 Å². The number of hydrogen-bond donors (Lipinski definition) is 3. The third-order valence-corrected chi connectivity index (χ3v) is 7.08. The minimum atomic E-state index is -4.49. The summed E-state index contributed by atoms with van der Waals surface area (Å²) in [5.41, 5.74) is -3.06. The first-order valence-corrected chi connectivity index (χ1v) is 14.2. The number of halogens is 3. The number of rotatable bonds is 13. The number of benzene rings is 1. The van der Waals surface area contributed by atoms with Gasteiger partial charge in [0.2, 0.25) is 0 Å². The van der Waals surface area contributed by atoms with E-state index in [1.165, 1.54) is 18.7 Å². The molecule has 216 valence electrons. The van der Waals surface area contributed by atoms with E-state index >= 15 is 0 Å². The number of nitrogens with one attached hydrogen (secondary N) is 3. The average Bonchev–Trinajstić information content (AvgIpc) is 3.27. The van der Waals surface area contributed by atoms with Crippen LogP contribution in [0.25, 0.3) is 5.52 Å².